The molecule has 2 aromatic rings. The Morgan fingerprint density at radius 2 is 2.00 bits per heavy atom. The van der Waals surface area contributed by atoms with Crippen LogP contribution < -0.4 is 21.5 Å². The Hall–Kier alpha value is -3.05. The molecule has 1 aromatic carbocycles. The lowest BCUT2D eigenvalue weighted by atomic mass is 10.0. The number of nitrogens with one attached hydrogen (secondary N) is 1. The highest BCUT2D eigenvalue weighted by Crippen LogP contribution is 2.49. The summed E-state index contributed by atoms with van der Waals surface area (Å²) in [6.45, 7) is 0. The molecule has 0 radical (unpaired) electrons. The third-order valence-electron chi connectivity index (χ3n) is 5.39. The monoisotopic (exact) mass is 433 g/mol. The topological polar surface area (TPSA) is 150 Å². The summed E-state index contributed by atoms with van der Waals surface area (Å²) in [5.74, 6) is -1.49. The molecule has 5 N–H and O–H groups in total. The van der Waals surface area contributed by atoms with Gasteiger partial charge in [-0.2, -0.15) is 0 Å². The number of carbonyl (C=O) groups is 1. The van der Waals surface area contributed by atoms with E-state index in [0.29, 0.717) is 18.6 Å². The molecule has 9 nitrogen and oxygen atoms in total. The van der Waals surface area contributed by atoms with Gasteiger partial charge >= 0.3 is 0 Å². The van der Waals surface area contributed by atoms with E-state index in [1.165, 1.54) is 31.5 Å². The minimum Gasteiger partial charge on any atom is -0.495 e. The highest BCUT2D eigenvalue weighted by Gasteiger charge is 2.62. The maximum atomic E-state index is 14.6. The van der Waals surface area contributed by atoms with Gasteiger partial charge < -0.3 is 21.5 Å². The first kappa shape index (κ1) is 20.2. The lowest BCUT2D eigenvalue weighted by Gasteiger charge is -2.34. The van der Waals surface area contributed by atoms with Gasteiger partial charge in [-0.3, -0.25) is 4.79 Å². The van der Waals surface area contributed by atoms with E-state index in [2.05, 4.69) is 15.3 Å². The Morgan fingerprint density at radius 3 is 2.57 bits per heavy atom. The summed E-state index contributed by atoms with van der Waals surface area (Å²) in [5.41, 5.74) is 10.4. The number of anilines is 1. The highest BCUT2D eigenvalue weighted by molar-refractivity contribution is 7.94. The van der Waals surface area contributed by atoms with Crippen molar-refractivity contribution in [3.63, 3.8) is 0 Å². The van der Waals surface area contributed by atoms with Crippen LogP contribution in [0.4, 0.5) is 10.1 Å². The number of methoxy groups -OCH3 is 1. The lowest BCUT2D eigenvalue weighted by Crippen LogP contribution is -2.55. The van der Waals surface area contributed by atoms with Gasteiger partial charge in [0, 0.05) is 11.3 Å². The first-order valence-electron chi connectivity index (χ1n) is 9.09. The summed E-state index contributed by atoms with van der Waals surface area (Å²) in [7, 11) is -2.24. The van der Waals surface area contributed by atoms with Gasteiger partial charge in [0.05, 0.1) is 19.1 Å². The molecule has 0 saturated heterocycles. The SMILES string of the molecule is COc1ccc(C(=O)Nc2ccc(F)c([C@]3(N)CS(=O)(=O)C4(CC4)C(N)=N3)c2)nc1. The number of carbonyl (C=O) groups excluding carboxylic acids is 1. The fourth-order valence-electron chi connectivity index (χ4n) is 3.52. The number of amidine groups is 1. The maximum absolute atomic E-state index is 14.6. The average molecular weight is 433 g/mol. The van der Waals surface area contributed by atoms with Crippen LogP contribution in [0, 0.1) is 5.82 Å². The minimum absolute atomic E-state index is 0.104. The van der Waals surface area contributed by atoms with Crippen LogP contribution in [0.1, 0.15) is 28.9 Å². The predicted octanol–water partition coefficient (Wildman–Crippen LogP) is 0.911. The molecular formula is C19H20FN5O4S. The fourth-order valence-corrected chi connectivity index (χ4v) is 5.68. The summed E-state index contributed by atoms with van der Waals surface area (Å²) in [5, 5.41) is 2.59. The molecule has 1 fully saturated rings. The zero-order chi connectivity index (χ0) is 21.7. The molecule has 1 aromatic heterocycles. The molecule has 30 heavy (non-hydrogen) atoms. The number of halogens is 1. The number of benzene rings is 1. The van der Waals surface area contributed by atoms with E-state index < -0.39 is 37.7 Å². The van der Waals surface area contributed by atoms with Crippen molar-refractivity contribution in [3.8, 4) is 5.75 Å². The largest absolute Gasteiger partial charge is 0.495 e. The van der Waals surface area contributed by atoms with Gasteiger partial charge in [0.2, 0.25) is 0 Å². The van der Waals surface area contributed by atoms with Crippen molar-refractivity contribution in [1.82, 2.24) is 4.98 Å². The van der Waals surface area contributed by atoms with Gasteiger partial charge in [-0.25, -0.2) is 22.8 Å². The minimum atomic E-state index is -3.71. The molecule has 2 aliphatic rings. The molecule has 1 spiro atoms. The third-order valence-corrected chi connectivity index (χ3v) is 8.02. The number of aromatic nitrogens is 1. The number of hydrogen-bond acceptors (Lipinski definition) is 8. The van der Waals surface area contributed by atoms with E-state index in [1.807, 2.05) is 0 Å². The Morgan fingerprint density at radius 1 is 1.27 bits per heavy atom. The molecular weight excluding hydrogens is 413 g/mol. The Labute approximate surface area is 172 Å². The zero-order valence-corrected chi connectivity index (χ0v) is 16.9. The summed E-state index contributed by atoms with van der Waals surface area (Å²) < 4.78 is 43.9. The quantitative estimate of drug-likeness (QED) is 0.648. The van der Waals surface area contributed by atoms with E-state index in [0.717, 1.165) is 6.07 Å². The number of rotatable bonds is 4. The number of pyridine rings is 1. The number of ether oxygens (including phenoxy) is 1. The van der Waals surface area contributed by atoms with Crippen molar-refractivity contribution >= 4 is 27.3 Å². The number of nitrogens with zero attached hydrogens (tertiary/aromatic N) is 2. The number of hydrogen-bond donors (Lipinski definition) is 3. The normalized spacial score (nSPS) is 23.5. The van der Waals surface area contributed by atoms with Crippen LogP contribution in [0.5, 0.6) is 5.75 Å². The first-order chi connectivity index (χ1) is 14.1. The van der Waals surface area contributed by atoms with Crippen molar-refractivity contribution in [2.24, 2.45) is 16.5 Å². The molecule has 4 rings (SSSR count). The van der Waals surface area contributed by atoms with Crippen LogP contribution >= 0.6 is 0 Å². The number of nitrogens with two attached hydrogens (primary N) is 2. The third kappa shape index (κ3) is 3.19. The fraction of sp³-hybridized carbons (Fsp3) is 0.316. The zero-order valence-electron chi connectivity index (χ0n) is 16.1. The summed E-state index contributed by atoms with van der Waals surface area (Å²) in [4.78, 5) is 20.6. The van der Waals surface area contributed by atoms with Crippen molar-refractivity contribution < 1.29 is 22.3 Å². The smallest absolute Gasteiger partial charge is 0.274 e. The van der Waals surface area contributed by atoms with E-state index in [-0.39, 0.29) is 22.8 Å². The summed E-state index contributed by atoms with van der Waals surface area (Å²) in [6, 6.07) is 6.72. The summed E-state index contributed by atoms with van der Waals surface area (Å²) >= 11 is 0. The van der Waals surface area contributed by atoms with Gasteiger partial charge in [-0.05, 0) is 43.2 Å². The second-order valence-electron chi connectivity index (χ2n) is 7.41. The molecule has 0 unspecified atom stereocenters. The predicted molar refractivity (Wildman–Crippen MR) is 108 cm³/mol. The molecule has 1 amide bonds. The van der Waals surface area contributed by atoms with E-state index in [9.17, 15) is 17.6 Å². The second kappa shape index (κ2) is 6.74. The molecule has 1 aliphatic carbocycles. The van der Waals surface area contributed by atoms with Crippen molar-refractivity contribution in [2.45, 2.75) is 23.3 Å². The van der Waals surface area contributed by atoms with Crippen LogP contribution in [-0.2, 0) is 15.5 Å². The van der Waals surface area contributed by atoms with Gasteiger partial charge in [-0.1, -0.05) is 0 Å². The number of aliphatic imine (C=N–C) groups is 1. The van der Waals surface area contributed by atoms with Crippen LogP contribution in [0.25, 0.3) is 0 Å². The highest BCUT2D eigenvalue weighted by atomic mass is 32.2. The van der Waals surface area contributed by atoms with E-state index in [4.69, 9.17) is 16.2 Å². The molecule has 158 valence electrons. The molecule has 0 bridgehead atoms. The van der Waals surface area contributed by atoms with Gasteiger partial charge in [0.25, 0.3) is 5.91 Å². The van der Waals surface area contributed by atoms with Gasteiger partial charge in [0.15, 0.2) is 15.5 Å². The molecule has 11 heteroatoms. The molecule has 1 atom stereocenters. The first-order valence-corrected chi connectivity index (χ1v) is 10.7. The van der Waals surface area contributed by atoms with E-state index in [1.54, 1.807) is 6.07 Å². The van der Waals surface area contributed by atoms with Crippen LogP contribution in [-0.4, -0.2) is 42.8 Å². The Balaban J connectivity index is 1.65. The maximum Gasteiger partial charge on any atom is 0.274 e. The van der Waals surface area contributed by atoms with Crippen LogP contribution in [0.15, 0.2) is 41.5 Å². The van der Waals surface area contributed by atoms with Gasteiger partial charge in [0.1, 0.15) is 27.8 Å². The Kier molecular flexibility index (Phi) is 4.55. The second-order valence-corrected chi connectivity index (χ2v) is 9.71. The van der Waals surface area contributed by atoms with Crippen LogP contribution in [0.2, 0.25) is 0 Å². The van der Waals surface area contributed by atoms with E-state index >= 15 is 0 Å². The molecule has 1 aliphatic heterocycles. The standard InChI is InChI=1S/C19H20FN5O4S/c1-29-12-3-5-15(23-9-12)16(26)24-11-2-4-14(20)13(8-11)19(22)10-30(27,28)18(6-7-18)17(21)25-19/h2-5,8-9H,6-7,10,22H2,1H3,(H2,21,25)(H,24,26)/t19-/m0/s1. The van der Waals surface area contributed by atoms with Crippen LogP contribution in [0.3, 0.4) is 0 Å². The van der Waals surface area contributed by atoms with Gasteiger partial charge in [-0.15, -0.1) is 0 Å². The van der Waals surface area contributed by atoms with Crippen molar-refractivity contribution in [3.05, 3.63) is 53.6 Å². The Bertz CT molecular complexity index is 1160. The van der Waals surface area contributed by atoms with Crippen molar-refractivity contribution in [2.75, 3.05) is 18.2 Å². The number of sulfone groups is 1. The average Bonchev–Trinajstić information content (AvgIpc) is 3.50. The number of amides is 1. The molecule has 2 heterocycles. The lowest BCUT2D eigenvalue weighted by molar-refractivity contribution is 0.102. The van der Waals surface area contributed by atoms with Crippen molar-refractivity contribution in [1.29, 1.82) is 0 Å². The molecule has 1 saturated carbocycles. The summed E-state index contributed by atoms with van der Waals surface area (Å²) in [6.07, 6.45) is 2.15.